The number of unbranched alkanes of at least 4 members (excludes halogenated alkanes) is 1. The molecule has 0 radical (unpaired) electrons. The molecule has 2 N–H and O–H groups in total. The maximum absolute atomic E-state index is 3.67. The fourth-order valence-corrected chi connectivity index (χ4v) is 2.74. The van der Waals surface area contributed by atoms with Crippen LogP contribution in [0.5, 0.6) is 0 Å². The molecular formula is C12H26N2. The molecule has 0 bridgehead atoms. The van der Waals surface area contributed by atoms with Gasteiger partial charge in [-0.05, 0) is 18.8 Å². The van der Waals surface area contributed by atoms with Gasteiger partial charge in [-0.2, -0.15) is 0 Å². The van der Waals surface area contributed by atoms with Crippen LogP contribution in [0, 0.1) is 5.92 Å². The summed E-state index contributed by atoms with van der Waals surface area (Å²) in [5.41, 5.74) is 0.393. The highest BCUT2D eigenvalue weighted by Crippen LogP contribution is 2.30. The zero-order chi connectivity index (χ0) is 10.4. The van der Waals surface area contributed by atoms with Gasteiger partial charge in [-0.3, -0.25) is 5.32 Å². The summed E-state index contributed by atoms with van der Waals surface area (Å²) in [5.74, 6) is 0.849. The third-order valence-electron chi connectivity index (χ3n) is 3.82. The van der Waals surface area contributed by atoms with Gasteiger partial charge >= 0.3 is 0 Å². The fourth-order valence-electron chi connectivity index (χ4n) is 2.74. The molecule has 0 amide bonds. The minimum absolute atomic E-state index is 0.393. The second kappa shape index (κ2) is 5.72. The summed E-state index contributed by atoms with van der Waals surface area (Å²) < 4.78 is 0. The van der Waals surface area contributed by atoms with E-state index in [1.807, 2.05) is 0 Å². The second-order valence-corrected chi connectivity index (χ2v) is 4.54. The first-order valence-electron chi connectivity index (χ1n) is 6.24. The molecule has 2 heteroatoms. The van der Waals surface area contributed by atoms with Gasteiger partial charge in [0.15, 0.2) is 0 Å². The van der Waals surface area contributed by atoms with E-state index < -0.39 is 0 Å². The van der Waals surface area contributed by atoms with Gasteiger partial charge in [-0.15, -0.1) is 0 Å². The summed E-state index contributed by atoms with van der Waals surface area (Å²) >= 11 is 0. The van der Waals surface area contributed by atoms with Gasteiger partial charge in [0.25, 0.3) is 0 Å². The Bertz CT molecular complexity index is 150. The van der Waals surface area contributed by atoms with E-state index in [4.69, 9.17) is 0 Å². The summed E-state index contributed by atoms with van der Waals surface area (Å²) in [6.45, 7) is 9.08. The maximum atomic E-state index is 3.67. The predicted octanol–water partition coefficient (Wildman–Crippen LogP) is 2.50. The molecule has 2 atom stereocenters. The molecule has 1 fully saturated rings. The molecule has 0 aliphatic carbocycles. The van der Waals surface area contributed by atoms with Crippen molar-refractivity contribution in [3.8, 4) is 0 Å². The van der Waals surface area contributed by atoms with Crippen LogP contribution in [0.25, 0.3) is 0 Å². The van der Waals surface area contributed by atoms with E-state index in [-0.39, 0.29) is 0 Å². The number of rotatable bonds is 6. The van der Waals surface area contributed by atoms with Crippen LogP contribution in [-0.2, 0) is 0 Å². The zero-order valence-electron chi connectivity index (χ0n) is 10.0. The van der Waals surface area contributed by atoms with Crippen molar-refractivity contribution in [2.24, 2.45) is 5.92 Å². The van der Waals surface area contributed by atoms with Gasteiger partial charge < -0.3 is 5.32 Å². The van der Waals surface area contributed by atoms with Crippen molar-refractivity contribution in [2.75, 3.05) is 13.2 Å². The first kappa shape index (κ1) is 12.0. The minimum atomic E-state index is 0.393. The third kappa shape index (κ3) is 2.48. The highest BCUT2D eigenvalue weighted by molar-refractivity contribution is 4.98. The van der Waals surface area contributed by atoms with Crippen molar-refractivity contribution in [1.29, 1.82) is 0 Å². The van der Waals surface area contributed by atoms with Crippen molar-refractivity contribution < 1.29 is 0 Å². The molecule has 84 valence electrons. The summed E-state index contributed by atoms with van der Waals surface area (Å²) in [6.07, 6.45) is 6.64. The molecule has 14 heavy (non-hydrogen) atoms. The average Bonchev–Trinajstić information content (AvgIpc) is 2.69. The molecule has 2 unspecified atom stereocenters. The molecule has 2 nitrogen and oxygen atoms in total. The first-order chi connectivity index (χ1) is 6.79. The standard InChI is InChI=1S/C12H26N2/c1-4-7-8-11(5-2)12(6-3)9-13-10-14-12/h11,13-14H,4-10H2,1-3H3. The van der Waals surface area contributed by atoms with Crippen LogP contribution >= 0.6 is 0 Å². The topological polar surface area (TPSA) is 24.1 Å². The van der Waals surface area contributed by atoms with Gasteiger partial charge in [0.1, 0.15) is 0 Å². The van der Waals surface area contributed by atoms with Crippen molar-refractivity contribution in [1.82, 2.24) is 10.6 Å². The smallest absolute Gasteiger partial charge is 0.0459 e. The van der Waals surface area contributed by atoms with Gasteiger partial charge in [-0.1, -0.05) is 40.0 Å². The lowest BCUT2D eigenvalue weighted by Crippen LogP contribution is -2.48. The van der Waals surface area contributed by atoms with Gasteiger partial charge in [-0.25, -0.2) is 0 Å². The van der Waals surface area contributed by atoms with Crippen molar-refractivity contribution in [2.45, 2.75) is 58.4 Å². The Balaban J connectivity index is 2.54. The second-order valence-electron chi connectivity index (χ2n) is 4.54. The third-order valence-corrected chi connectivity index (χ3v) is 3.82. The highest BCUT2D eigenvalue weighted by atomic mass is 15.2. The summed E-state index contributed by atoms with van der Waals surface area (Å²) in [5, 5.41) is 7.11. The van der Waals surface area contributed by atoms with E-state index in [0.29, 0.717) is 5.54 Å². The van der Waals surface area contributed by atoms with Crippen LogP contribution in [-0.4, -0.2) is 18.8 Å². The summed E-state index contributed by atoms with van der Waals surface area (Å²) in [6, 6.07) is 0. The van der Waals surface area contributed by atoms with Crippen molar-refractivity contribution in [3.05, 3.63) is 0 Å². The minimum Gasteiger partial charge on any atom is -0.303 e. The molecule has 1 aliphatic rings. The van der Waals surface area contributed by atoms with Crippen molar-refractivity contribution >= 4 is 0 Å². The Morgan fingerprint density at radius 3 is 2.50 bits per heavy atom. The molecule has 0 aromatic rings. The fraction of sp³-hybridized carbons (Fsp3) is 1.00. The lowest BCUT2D eigenvalue weighted by molar-refractivity contribution is 0.219. The molecule has 1 rings (SSSR count). The molecule has 0 aromatic carbocycles. The lowest BCUT2D eigenvalue weighted by Gasteiger charge is -2.36. The Morgan fingerprint density at radius 1 is 1.29 bits per heavy atom. The number of hydrogen-bond acceptors (Lipinski definition) is 2. The molecule has 0 aromatic heterocycles. The summed E-state index contributed by atoms with van der Waals surface area (Å²) in [7, 11) is 0. The molecule has 1 heterocycles. The van der Waals surface area contributed by atoms with Gasteiger partial charge in [0.05, 0.1) is 0 Å². The maximum Gasteiger partial charge on any atom is 0.0459 e. The quantitative estimate of drug-likeness (QED) is 0.685. The number of hydrogen-bond donors (Lipinski definition) is 2. The molecule has 1 saturated heterocycles. The van der Waals surface area contributed by atoms with Crippen LogP contribution in [0.2, 0.25) is 0 Å². The molecule has 0 spiro atoms. The van der Waals surface area contributed by atoms with Crippen LogP contribution in [0.4, 0.5) is 0 Å². The van der Waals surface area contributed by atoms with Crippen LogP contribution in [0.1, 0.15) is 52.9 Å². The Morgan fingerprint density at radius 2 is 2.07 bits per heavy atom. The van der Waals surface area contributed by atoms with E-state index in [1.165, 1.54) is 32.1 Å². The van der Waals surface area contributed by atoms with Crippen LogP contribution < -0.4 is 10.6 Å². The highest BCUT2D eigenvalue weighted by Gasteiger charge is 2.37. The normalized spacial score (nSPS) is 29.4. The predicted molar refractivity (Wildman–Crippen MR) is 62.3 cm³/mol. The first-order valence-corrected chi connectivity index (χ1v) is 6.24. The number of nitrogens with one attached hydrogen (secondary N) is 2. The van der Waals surface area contributed by atoms with E-state index in [2.05, 4.69) is 31.4 Å². The molecule has 0 saturated carbocycles. The Kier molecular flexibility index (Phi) is 4.90. The van der Waals surface area contributed by atoms with Crippen molar-refractivity contribution in [3.63, 3.8) is 0 Å². The van der Waals surface area contributed by atoms with Crippen LogP contribution in [0.15, 0.2) is 0 Å². The average molecular weight is 198 g/mol. The SMILES string of the molecule is CCCCC(CC)C1(CC)CNCN1. The largest absolute Gasteiger partial charge is 0.303 e. The van der Waals surface area contributed by atoms with Gasteiger partial charge in [0.2, 0.25) is 0 Å². The van der Waals surface area contributed by atoms with E-state index in [0.717, 1.165) is 19.1 Å². The van der Waals surface area contributed by atoms with E-state index in [9.17, 15) is 0 Å². The monoisotopic (exact) mass is 198 g/mol. The molecule has 1 aliphatic heterocycles. The van der Waals surface area contributed by atoms with Crippen LogP contribution in [0.3, 0.4) is 0 Å². The Labute approximate surface area is 88.8 Å². The lowest BCUT2D eigenvalue weighted by atomic mass is 9.77. The van der Waals surface area contributed by atoms with Gasteiger partial charge in [0, 0.05) is 18.8 Å². The van der Waals surface area contributed by atoms with E-state index >= 15 is 0 Å². The van der Waals surface area contributed by atoms with E-state index in [1.54, 1.807) is 0 Å². The summed E-state index contributed by atoms with van der Waals surface area (Å²) in [4.78, 5) is 0. The Hall–Kier alpha value is -0.0800. The zero-order valence-corrected chi connectivity index (χ0v) is 10.0. The molecular weight excluding hydrogens is 172 g/mol.